The maximum absolute atomic E-state index is 11.4. The smallest absolute Gasteiger partial charge is 0.311 e. The van der Waals surface area contributed by atoms with Crippen LogP contribution in [0.5, 0.6) is 5.75 Å². The fourth-order valence-corrected chi connectivity index (χ4v) is 3.84. The van der Waals surface area contributed by atoms with Crippen molar-refractivity contribution in [2.75, 3.05) is 19.2 Å². The number of nitro groups is 1. The van der Waals surface area contributed by atoms with Crippen molar-refractivity contribution in [1.29, 1.82) is 0 Å². The second-order valence-electron chi connectivity index (χ2n) is 8.48. The zero-order valence-corrected chi connectivity index (χ0v) is 24.0. The molecule has 11 heteroatoms. The molecular weight excluding hydrogens is 540 g/mol. The summed E-state index contributed by atoms with van der Waals surface area (Å²) in [5.74, 6) is -1.08. The van der Waals surface area contributed by atoms with Crippen LogP contribution in [0.4, 0.5) is 11.4 Å². The van der Waals surface area contributed by atoms with E-state index < -0.39 is 16.7 Å². The second kappa shape index (κ2) is 16.8. The van der Waals surface area contributed by atoms with Crippen molar-refractivity contribution in [3.05, 3.63) is 112 Å². The Bertz CT molecular complexity index is 1440. The summed E-state index contributed by atoms with van der Waals surface area (Å²) in [4.78, 5) is 32.3. The van der Waals surface area contributed by atoms with Crippen molar-refractivity contribution in [2.45, 2.75) is 33.2 Å². The van der Waals surface area contributed by atoms with Crippen LogP contribution in [0.25, 0.3) is 11.1 Å². The Balaban J connectivity index is 0.000000299. The molecule has 0 aliphatic rings. The maximum atomic E-state index is 11.4. The molecule has 0 saturated carbocycles. The Morgan fingerprint density at radius 3 is 2.19 bits per heavy atom. The normalized spacial score (nSPS) is 10.7. The SMILES string of the molecule is CC.CCC(Nc1ccccc1)c1ccc(-c2ccoc2C(N)=O)cc1.COCOc1ccc(C(N)=O)cc1[N+](=O)[O-]. The molecule has 1 heterocycles. The number of nitrogens with two attached hydrogens (primary N) is 2. The Kier molecular flexibility index (Phi) is 13.2. The molecule has 4 rings (SSSR count). The van der Waals surface area contributed by atoms with E-state index in [-0.39, 0.29) is 35.6 Å². The highest BCUT2D eigenvalue weighted by atomic mass is 16.7. The van der Waals surface area contributed by atoms with Gasteiger partial charge in [0.25, 0.3) is 5.91 Å². The van der Waals surface area contributed by atoms with Gasteiger partial charge in [-0.25, -0.2) is 0 Å². The fourth-order valence-electron chi connectivity index (χ4n) is 3.84. The molecule has 42 heavy (non-hydrogen) atoms. The monoisotopic (exact) mass is 576 g/mol. The van der Waals surface area contributed by atoms with Crippen LogP contribution >= 0.6 is 0 Å². The Hall–Kier alpha value is -5.16. The van der Waals surface area contributed by atoms with E-state index in [9.17, 15) is 19.7 Å². The molecule has 0 spiro atoms. The molecule has 0 saturated heterocycles. The molecule has 0 aliphatic carbocycles. The highest BCUT2D eigenvalue weighted by Crippen LogP contribution is 2.29. The minimum absolute atomic E-state index is 0.0249. The first-order valence-electron chi connectivity index (χ1n) is 13.2. The van der Waals surface area contributed by atoms with Gasteiger partial charge in [-0.05, 0) is 47.9 Å². The number of amides is 2. The van der Waals surface area contributed by atoms with Gasteiger partial charge in [0.15, 0.2) is 18.3 Å². The number of hydrogen-bond donors (Lipinski definition) is 3. The van der Waals surface area contributed by atoms with Crippen LogP contribution in [0, 0.1) is 10.1 Å². The molecule has 0 bridgehead atoms. The molecule has 0 aliphatic heterocycles. The van der Waals surface area contributed by atoms with Crippen LogP contribution in [0.3, 0.4) is 0 Å². The number of nitrogens with one attached hydrogen (secondary N) is 1. The first-order chi connectivity index (χ1) is 20.2. The van der Waals surface area contributed by atoms with Gasteiger partial charge < -0.3 is 30.7 Å². The van der Waals surface area contributed by atoms with E-state index in [1.807, 2.05) is 44.2 Å². The van der Waals surface area contributed by atoms with Crippen molar-refractivity contribution in [3.63, 3.8) is 0 Å². The third kappa shape index (κ3) is 9.20. The lowest BCUT2D eigenvalue weighted by molar-refractivity contribution is -0.386. The number of hydrogen-bond acceptors (Lipinski definition) is 8. The lowest BCUT2D eigenvalue weighted by atomic mass is 9.99. The van der Waals surface area contributed by atoms with Gasteiger partial charge in [0, 0.05) is 30.0 Å². The van der Waals surface area contributed by atoms with E-state index in [2.05, 4.69) is 41.2 Å². The summed E-state index contributed by atoms with van der Waals surface area (Å²) >= 11 is 0. The highest BCUT2D eigenvalue weighted by molar-refractivity contribution is 5.97. The Morgan fingerprint density at radius 2 is 1.64 bits per heavy atom. The van der Waals surface area contributed by atoms with Gasteiger partial charge in [-0.1, -0.05) is 63.2 Å². The minimum Gasteiger partial charge on any atom is -0.460 e. The highest BCUT2D eigenvalue weighted by Gasteiger charge is 2.18. The molecule has 3 aromatic carbocycles. The number of carbonyl (C=O) groups is 2. The number of nitrogens with zero attached hydrogens (tertiary/aromatic N) is 1. The number of anilines is 1. The van der Waals surface area contributed by atoms with E-state index in [0.717, 1.165) is 29.3 Å². The number of primary amides is 2. The summed E-state index contributed by atoms with van der Waals surface area (Å²) in [6.07, 6.45) is 2.45. The molecule has 222 valence electrons. The van der Waals surface area contributed by atoms with E-state index in [4.69, 9.17) is 20.6 Å². The summed E-state index contributed by atoms with van der Waals surface area (Å²) in [6.45, 7) is 6.03. The topological polar surface area (TPSA) is 173 Å². The van der Waals surface area contributed by atoms with Crippen molar-refractivity contribution in [1.82, 2.24) is 0 Å². The zero-order valence-electron chi connectivity index (χ0n) is 24.0. The lowest BCUT2D eigenvalue weighted by Gasteiger charge is -2.19. The van der Waals surface area contributed by atoms with Gasteiger partial charge in [-0.3, -0.25) is 19.7 Å². The molecule has 1 atom stereocenters. The third-order valence-electron chi connectivity index (χ3n) is 5.81. The fraction of sp³-hybridized carbons (Fsp3) is 0.226. The quantitative estimate of drug-likeness (QED) is 0.106. The number of furan rings is 1. The number of nitro benzene ring substituents is 1. The number of methoxy groups -OCH3 is 1. The number of rotatable bonds is 11. The minimum atomic E-state index is -0.735. The number of carbonyl (C=O) groups excluding carboxylic acids is 2. The summed E-state index contributed by atoms with van der Waals surface area (Å²) in [5, 5.41) is 14.2. The van der Waals surface area contributed by atoms with E-state index in [1.54, 1.807) is 6.07 Å². The summed E-state index contributed by atoms with van der Waals surface area (Å²) in [7, 11) is 1.39. The first-order valence-corrected chi connectivity index (χ1v) is 13.2. The molecule has 4 aromatic rings. The molecule has 0 radical (unpaired) electrons. The van der Waals surface area contributed by atoms with E-state index in [0.29, 0.717) is 0 Å². The lowest BCUT2D eigenvalue weighted by Crippen LogP contribution is -2.11. The van der Waals surface area contributed by atoms with Crippen LogP contribution in [-0.4, -0.2) is 30.6 Å². The average molecular weight is 577 g/mol. The van der Waals surface area contributed by atoms with Crippen LogP contribution in [-0.2, 0) is 4.74 Å². The van der Waals surface area contributed by atoms with Gasteiger partial charge in [0.05, 0.1) is 17.2 Å². The van der Waals surface area contributed by atoms with Gasteiger partial charge in [-0.15, -0.1) is 0 Å². The molecule has 1 aromatic heterocycles. The maximum Gasteiger partial charge on any atom is 0.311 e. The van der Waals surface area contributed by atoms with Gasteiger partial charge in [0.2, 0.25) is 5.91 Å². The molecule has 1 unspecified atom stereocenters. The van der Waals surface area contributed by atoms with Gasteiger partial charge in [-0.2, -0.15) is 0 Å². The predicted octanol–water partition coefficient (Wildman–Crippen LogP) is 6.31. The van der Waals surface area contributed by atoms with Crippen LogP contribution < -0.4 is 21.5 Å². The number of para-hydroxylation sites is 1. The molecule has 0 fully saturated rings. The molecule has 2 amide bonds. The van der Waals surface area contributed by atoms with Crippen molar-refractivity contribution in [3.8, 4) is 16.9 Å². The van der Waals surface area contributed by atoms with Crippen LogP contribution in [0.15, 0.2) is 89.5 Å². The van der Waals surface area contributed by atoms with E-state index in [1.165, 1.54) is 31.1 Å². The first kappa shape index (κ1) is 33.0. The zero-order chi connectivity index (χ0) is 31.1. The number of benzene rings is 3. The third-order valence-corrected chi connectivity index (χ3v) is 5.81. The Labute approximate surface area is 244 Å². The van der Waals surface area contributed by atoms with Gasteiger partial charge in [0.1, 0.15) is 0 Å². The number of ether oxygens (including phenoxy) is 2. The average Bonchev–Trinajstić information content (AvgIpc) is 3.51. The van der Waals surface area contributed by atoms with Gasteiger partial charge >= 0.3 is 5.69 Å². The van der Waals surface area contributed by atoms with Crippen molar-refractivity contribution >= 4 is 23.2 Å². The molecular formula is C31H36N4O7. The molecule has 11 nitrogen and oxygen atoms in total. The largest absolute Gasteiger partial charge is 0.460 e. The summed E-state index contributed by atoms with van der Waals surface area (Å²) in [6, 6.07) is 24.0. The predicted molar refractivity (Wildman–Crippen MR) is 161 cm³/mol. The van der Waals surface area contributed by atoms with Crippen LogP contribution in [0.1, 0.15) is 59.7 Å². The molecule has 5 N–H and O–H groups in total. The summed E-state index contributed by atoms with van der Waals surface area (Å²) in [5.41, 5.74) is 14.0. The Morgan fingerprint density at radius 1 is 0.976 bits per heavy atom. The van der Waals surface area contributed by atoms with Crippen molar-refractivity contribution < 1.29 is 28.4 Å². The van der Waals surface area contributed by atoms with Crippen molar-refractivity contribution in [2.24, 2.45) is 11.5 Å². The van der Waals surface area contributed by atoms with E-state index >= 15 is 0 Å². The second-order valence-corrected chi connectivity index (χ2v) is 8.48. The standard InChI is InChI=1S/C20H20N2O2.C9H10N2O5.C2H6/c1-2-18(22-16-6-4-3-5-7-16)15-10-8-14(9-11-15)17-12-13-24-19(17)20(21)23;1-15-5-16-8-3-2-6(9(10)12)4-7(8)11(13)14;1-2/h3-13,18,22H,2H2,1H3,(H2,21,23);2-4H,5H2,1H3,(H2,10,12);1-2H3. The summed E-state index contributed by atoms with van der Waals surface area (Å²) < 4.78 is 14.8. The van der Waals surface area contributed by atoms with Crippen LogP contribution in [0.2, 0.25) is 0 Å².